The lowest BCUT2D eigenvalue weighted by molar-refractivity contribution is -0.119. The summed E-state index contributed by atoms with van der Waals surface area (Å²) in [7, 11) is 3.22. The largest absolute Gasteiger partial charge is 0.385 e. The molecule has 1 amide bonds. The maximum Gasteiger partial charge on any atom is 0.291 e. The van der Waals surface area contributed by atoms with Gasteiger partial charge in [-0.3, -0.25) is 9.48 Å². The summed E-state index contributed by atoms with van der Waals surface area (Å²) in [5.41, 5.74) is 2.67. The number of benzene rings is 1. The molecule has 3 N–H and O–H groups in total. The summed E-state index contributed by atoms with van der Waals surface area (Å²) in [5.74, 6) is 1.35. The fraction of sp³-hybridized carbons (Fsp3) is 0.522. The van der Waals surface area contributed by atoms with E-state index in [4.69, 9.17) is 0 Å². The van der Waals surface area contributed by atoms with E-state index in [-0.39, 0.29) is 11.8 Å². The van der Waals surface area contributed by atoms with Crippen molar-refractivity contribution in [2.24, 2.45) is 24.8 Å². The first-order valence-electron chi connectivity index (χ1n) is 11.2. The second-order valence-electron chi connectivity index (χ2n) is 9.33. The molecule has 3 aliphatic rings. The first-order valence-corrected chi connectivity index (χ1v) is 11.2. The molecular formula is C23H28BN4O3. The minimum atomic E-state index is -0.759. The molecule has 1 aromatic carbocycles. The van der Waals surface area contributed by atoms with Gasteiger partial charge in [0, 0.05) is 23.9 Å². The highest BCUT2D eigenvalue weighted by Gasteiger charge is 2.47. The lowest BCUT2D eigenvalue weighted by Crippen LogP contribution is -2.49. The van der Waals surface area contributed by atoms with Crippen molar-refractivity contribution in [2.75, 3.05) is 5.32 Å². The number of carbonyl (C=O) groups excluding carboxylic acids is 2. The standard InChI is InChI=1S/C23H28BN4O3/c1-28-21(18(12-25-28)23(31)10-11-23)16-6-8-17(9-7-16)26-22(30)20(27-24-13-29)19(14-2-3-14)15-4-5-15/h6-9,12-15,19-20,27,31H,2-5,10-11H2,1H3,(H,26,30)/t20-/m0/s1. The zero-order valence-electron chi connectivity index (χ0n) is 17.8. The summed E-state index contributed by atoms with van der Waals surface area (Å²) in [5, 5.41) is 21.0. The van der Waals surface area contributed by atoms with Crippen molar-refractivity contribution in [3.8, 4) is 11.3 Å². The highest BCUT2D eigenvalue weighted by Crippen LogP contribution is 2.51. The summed E-state index contributed by atoms with van der Waals surface area (Å²) in [6.07, 6.45) is 8.64. The summed E-state index contributed by atoms with van der Waals surface area (Å²) < 4.78 is 1.78. The van der Waals surface area contributed by atoms with Crippen LogP contribution in [0.5, 0.6) is 0 Å². The second-order valence-corrected chi connectivity index (χ2v) is 9.33. The third kappa shape index (κ3) is 4.19. The number of rotatable bonds is 10. The molecule has 0 bridgehead atoms. The van der Waals surface area contributed by atoms with Gasteiger partial charge in [0.1, 0.15) is 0 Å². The van der Waals surface area contributed by atoms with E-state index in [0.717, 1.165) is 29.7 Å². The van der Waals surface area contributed by atoms with Gasteiger partial charge in [-0.05, 0) is 68.4 Å². The molecule has 7 nitrogen and oxygen atoms in total. The van der Waals surface area contributed by atoms with Crippen LogP contribution in [0.2, 0.25) is 0 Å². The van der Waals surface area contributed by atoms with E-state index in [1.807, 2.05) is 31.3 Å². The molecular weight excluding hydrogens is 391 g/mol. The predicted molar refractivity (Wildman–Crippen MR) is 119 cm³/mol. The number of nitrogens with zero attached hydrogens (tertiary/aromatic N) is 2. The first-order chi connectivity index (χ1) is 15.0. The molecule has 1 atom stereocenters. The summed E-state index contributed by atoms with van der Waals surface area (Å²) in [4.78, 5) is 24.0. The Balaban J connectivity index is 1.32. The van der Waals surface area contributed by atoms with Crippen LogP contribution in [0.3, 0.4) is 0 Å². The molecule has 0 saturated heterocycles. The Bertz CT molecular complexity index is 965. The van der Waals surface area contributed by atoms with Gasteiger partial charge < -0.3 is 20.4 Å². The Labute approximate surface area is 182 Å². The average Bonchev–Trinajstić information content (AvgIpc) is 3.63. The van der Waals surface area contributed by atoms with Crippen LogP contribution in [0.4, 0.5) is 5.69 Å². The molecule has 8 heteroatoms. The normalized spacial score (nSPS) is 20.4. The van der Waals surface area contributed by atoms with Crippen LogP contribution in [0, 0.1) is 17.8 Å². The van der Waals surface area contributed by atoms with Gasteiger partial charge in [0.25, 0.3) is 7.41 Å². The number of nitrogens with one attached hydrogen (secondary N) is 2. The third-order valence-corrected chi connectivity index (χ3v) is 6.93. The van der Waals surface area contributed by atoms with Crippen molar-refractivity contribution in [3.05, 3.63) is 36.0 Å². The molecule has 161 valence electrons. The summed E-state index contributed by atoms with van der Waals surface area (Å²) >= 11 is 0. The number of aryl methyl sites for hydroxylation is 1. The zero-order chi connectivity index (χ0) is 21.6. The SMILES string of the molecule is Cn1ncc(C2(O)CC2)c1-c1ccc(NC(=O)[C@@H](N[B]C=O)C(C2CC2)C2CC2)cc1. The molecule has 31 heavy (non-hydrogen) atoms. The van der Waals surface area contributed by atoms with Gasteiger partial charge in [0.05, 0.1) is 29.7 Å². The van der Waals surface area contributed by atoms with Gasteiger partial charge in [-0.1, -0.05) is 12.1 Å². The van der Waals surface area contributed by atoms with Crippen molar-refractivity contribution in [2.45, 2.75) is 50.2 Å². The van der Waals surface area contributed by atoms with E-state index < -0.39 is 11.6 Å². The van der Waals surface area contributed by atoms with Crippen molar-refractivity contribution < 1.29 is 14.7 Å². The van der Waals surface area contributed by atoms with Crippen LogP contribution >= 0.6 is 0 Å². The Morgan fingerprint density at radius 2 is 1.87 bits per heavy atom. The Morgan fingerprint density at radius 1 is 1.23 bits per heavy atom. The van der Waals surface area contributed by atoms with Gasteiger partial charge in [-0.25, -0.2) is 0 Å². The maximum absolute atomic E-state index is 13.1. The fourth-order valence-electron chi connectivity index (χ4n) is 4.84. The van der Waals surface area contributed by atoms with Gasteiger partial charge >= 0.3 is 0 Å². The molecule has 2 aromatic rings. The number of hydrogen-bond donors (Lipinski definition) is 3. The Hall–Kier alpha value is -2.45. The van der Waals surface area contributed by atoms with E-state index in [0.29, 0.717) is 23.7 Å². The lowest BCUT2D eigenvalue weighted by Gasteiger charge is -2.27. The minimum absolute atomic E-state index is 0.0943. The number of aromatic nitrogens is 2. The van der Waals surface area contributed by atoms with Gasteiger partial charge in [-0.15, -0.1) is 0 Å². The van der Waals surface area contributed by atoms with Crippen molar-refractivity contribution in [1.82, 2.24) is 15.0 Å². The summed E-state index contributed by atoms with van der Waals surface area (Å²) in [6, 6.07) is 7.26. The molecule has 3 aliphatic carbocycles. The fourth-order valence-corrected chi connectivity index (χ4v) is 4.84. The van der Waals surface area contributed by atoms with Crippen LogP contribution < -0.4 is 10.5 Å². The molecule has 1 aromatic heterocycles. The maximum atomic E-state index is 13.1. The van der Waals surface area contributed by atoms with Crippen molar-refractivity contribution in [3.63, 3.8) is 0 Å². The molecule has 5 rings (SSSR count). The van der Waals surface area contributed by atoms with Crippen molar-refractivity contribution >= 4 is 25.2 Å². The van der Waals surface area contributed by atoms with Crippen LogP contribution in [-0.2, 0) is 22.2 Å². The van der Waals surface area contributed by atoms with E-state index in [1.54, 1.807) is 10.9 Å². The number of aliphatic hydroxyl groups is 1. The van der Waals surface area contributed by atoms with E-state index in [9.17, 15) is 14.7 Å². The predicted octanol–water partition coefficient (Wildman–Crippen LogP) is 2.21. The summed E-state index contributed by atoms with van der Waals surface area (Å²) in [6.45, 7) is 0. The Morgan fingerprint density at radius 3 is 2.42 bits per heavy atom. The van der Waals surface area contributed by atoms with Gasteiger partial charge in [-0.2, -0.15) is 5.10 Å². The topological polar surface area (TPSA) is 96.2 Å². The molecule has 1 heterocycles. The van der Waals surface area contributed by atoms with Crippen LogP contribution in [0.15, 0.2) is 30.5 Å². The van der Waals surface area contributed by atoms with Crippen molar-refractivity contribution in [1.29, 1.82) is 0 Å². The number of amides is 1. The molecule has 1 radical (unpaired) electrons. The highest BCUT2D eigenvalue weighted by molar-refractivity contribution is 6.64. The van der Waals surface area contributed by atoms with E-state index >= 15 is 0 Å². The van der Waals surface area contributed by atoms with E-state index in [1.165, 1.54) is 33.1 Å². The third-order valence-electron chi connectivity index (χ3n) is 6.93. The molecule has 0 unspecified atom stereocenters. The smallest absolute Gasteiger partial charge is 0.291 e. The monoisotopic (exact) mass is 419 g/mol. The quantitative estimate of drug-likeness (QED) is 0.406. The molecule has 0 spiro atoms. The zero-order valence-corrected chi connectivity index (χ0v) is 17.8. The lowest BCUT2D eigenvalue weighted by atomic mass is 9.84. The van der Waals surface area contributed by atoms with Gasteiger partial charge in [0.2, 0.25) is 5.91 Å². The first kappa shape index (κ1) is 20.5. The number of carbonyl (C=O) groups is 2. The van der Waals surface area contributed by atoms with Crippen LogP contribution in [0.25, 0.3) is 11.3 Å². The van der Waals surface area contributed by atoms with E-state index in [2.05, 4.69) is 15.6 Å². The highest BCUT2D eigenvalue weighted by atomic mass is 16.3. The number of hydrogen-bond acceptors (Lipinski definition) is 5. The molecule has 3 saturated carbocycles. The van der Waals surface area contributed by atoms with Gasteiger partial charge in [0.15, 0.2) is 0 Å². The molecule has 0 aliphatic heterocycles. The van der Waals surface area contributed by atoms with Crippen LogP contribution in [0.1, 0.15) is 44.1 Å². The number of anilines is 1. The molecule has 3 fully saturated rings. The second kappa shape index (κ2) is 7.91. The Kier molecular flexibility index (Phi) is 5.22. The van der Waals surface area contributed by atoms with Crippen LogP contribution in [-0.4, -0.2) is 40.4 Å². The minimum Gasteiger partial charge on any atom is -0.385 e. The average molecular weight is 419 g/mol.